The molecule has 25 heavy (non-hydrogen) atoms. The van der Waals surface area contributed by atoms with E-state index in [9.17, 15) is 13.6 Å². The van der Waals surface area contributed by atoms with Gasteiger partial charge in [-0.25, -0.2) is 8.78 Å². The van der Waals surface area contributed by atoms with Crippen LogP contribution in [0.1, 0.15) is 29.5 Å². The number of rotatable bonds is 6. The van der Waals surface area contributed by atoms with Gasteiger partial charge in [-0.1, -0.05) is 12.1 Å². The number of carbonyl (C=O) groups excluding carboxylic acids is 1. The second kappa shape index (κ2) is 7.27. The van der Waals surface area contributed by atoms with Crippen LogP contribution in [0.2, 0.25) is 0 Å². The SMILES string of the molecule is CN(C)[C@H](CNC(=O)[C@@H]1C[C@H]1c1cccnc1)c1c(F)cccc1F. The Kier molecular flexibility index (Phi) is 5.08. The molecular formula is C19H21F2N3O. The van der Waals surface area contributed by atoms with Crippen molar-refractivity contribution in [2.75, 3.05) is 20.6 Å². The summed E-state index contributed by atoms with van der Waals surface area (Å²) in [4.78, 5) is 18.2. The average molecular weight is 345 g/mol. The maximum absolute atomic E-state index is 14.1. The highest BCUT2D eigenvalue weighted by molar-refractivity contribution is 5.82. The Labute approximate surface area is 145 Å². The van der Waals surface area contributed by atoms with Gasteiger partial charge in [-0.15, -0.1) is 0 Å². The molecule has 1 amide bonds. The predicted octanol–water partition coefficient (Wildman–Crippen LogP) is 2.88. The first kappa shape index (κ1) is 17.5. The maximum atomic E-state index is 14.1. The zero-order valence-electron chi connectivity index (χ0n) is 14.2. The van der Waals surface area contributed by atoms with E-state index in [1.54, 1.807) is 31.4 Å². The number of carbonyl (C=O) groups is 1. The normalized spacial score (nSPS) is 20.4. The molecule has 0 spiro atoms. The number of nitrogens with one attached hydrogen (secondary N) is 1. The summed E-state index contributed by atoms with van der Waals surface area (Å²) in [5, 5.41) is 2.84. The molecule has 0 unspecified atom stereocenters. The van der Waals surface area contributed by atoms with Crippen molar-refractivity contribution in [2.45, 2.75) is 18.4 Å². The summed E-state index contributed by atoms with van der Waals surface area (Å²) in [6, 6.07) is 7.04. The third kappa shape index (κ3) is 3.85. The largest absolute Gasteiger partial charge is 0.354 e. The standard InChI is InChI=1S/C19H21F2N3O/c1-24(2)17(18-15(20)6-3-7-16(18)21)11-23-19(25)14-9-13(14)12-5-4-8-22-10-12/h3-8,10,13-14,17H,9,11H2,1-2H3,(H,23,25)/t13-,14+,17+/m0/s1. The van der Waals surface area contributed by atoms with E-state index in [1.807, 2.05) is 12.1 Å². The lowest BCUT2D eigenvalue weighted by Crippen LogP contribution is -2.36. The third-order valence-electron chi connectivity index (χ3n) is 4.67. The van der Waals surface area contributed by atoms with Crippen LogP contribution in [-0.2, 0) is 4.79 Å². The minimum atomic E-state index is -0.604. The summed E-state index contributed by atoms with van der Waals surface area (Å²) in [6.07, 6.45) is 4.25. The fraction of sp³-hybridized carbons (Fsp3) is 0.368. The molecule has 1 aliphatic carbocycles. The highest BCUT2D eigenvalue weighted by atomic mass is 19.1. The molecule has 1 aromatic heterocycles. The van der Waals surface area contributed by atoms with Gasteiger partial charge in [-0.3, -0.25) is 9.78 Å². The summed E-state index contributed by atoms with van der Waals surface area (Å²) >= 11 is 0. The molecule has 2 aromatic rings. The summed E-state index contributed by atoms with van der Waals surface area (Å²) in [5.74, 6) is -1.22. The Morgan fingerprint density at radius 3 is 2.60 bits per heavy atom. The maximum Gasteiger partial charge on any atom is 0.223 e. The van der Waals surface area contributed by atoms with Gasteiger partial charge in [0.1, 0.15) is 11.6 Å². The molecule has 0 bridgehead atoms. The first-order valence-corrected chi connectivity index (χ1v) is 8.27. The quantitative estimate of drug-likeness (QED) is 0.876. The van der Waals surface area contributed by atoms with Gasteiger partial charge >= 0.3 is 0 Å². The van der Waals surface area contributed by atoms with Crippen molar-refractivity contribution in [1.82, 2.24) is 15.2 Å². The molecule has 0 aliphatic heterocycles. The van der Waals surface area contributed by atoms with Crippen LogP contribution in [0.25, 0.3) is 0 Å². The smallest absolute Gasteiger partial charge is 0.223 e. The second-order valence-electron chi connectivity index (χ2n) is 6.59. The van der Waals surface area contributed by atoms with E-state index in [0.29, 0.717) is 0 Å². The Morgan fingerprint density at radius 2 is 2.00 bits per heavy atom. The van der Waals surface area contributed by atoms with E-state index < -0.39 is 17.7 Å². The van der Waals surface area contributed by atoms with Gasteiger partial charge in [-0.05, 0) is 50.2 Å². The first-order chi connectivity index (χ1) is 12.0. The molecule has 3 atom stereocenters. The topological polar surface area (TPSA) is 45.2 Å². The number of aromatic nitrogens is 1. The highest BCUT2D eigenvalue weighted by Crippen LogP contribution is 2.47. The third-order valence-corrected chi connectivity index (χ3v) is 4.67. The number of amides is 1. The number of halogens is 2. The van der Waals surface area contributed by atoms with Crippen LogP contribution in [0.3, 0.4) is 0 Å². The van der Waals surface area contributed by atoms with Crippen molar-refractivity contribution in [3.63, 3.8) is 0 Å². The van der Waals surface area contributed by atoms with Crippen molar-refractivity contribution < 1.29 is 13.6 Å². The van der Waals surface area contributed by atoms with Crippen LogP contribution >= 0.6 is 0 Å². The lowest BCUT2D eigenvalue weighted by Gasteiger charge is -2.26. The van der Waals surface area contributed by atoms with Crippen molar-refractivity contribution in [2.24, 2.45) is 5.92 Å². The Hall–Kier alpha value is -2.34. The van der Waals surface area contributed by atoms with Crippen LogP contribution in [0, 0.1) is 17.6 Å². The Morgan fingerprint density at radius 1 is 1.28 bits per heavy atom. The highest BCUT2D eigenvalue weighted by Gasteiger charge is 2.44. The van der Waals surface area contributed by atoms with Gasteiger partial charge in [0.05, 0.1) is 6.04 Å². The minimum absolute atomic E-state index is 0.0209. The van der Waals surface area contributed by atoms with E-state index in [1.165, 1.54) is 18.2 Å². The van der Waals surface area contributed by atoms with E-state index in [4.69, 9.17) is 0 Å². The number of nitrogens with zero attached hydrogens (tertiary/aromatic N) is 2. The predicted molar refractivity (Wildman–Crippen MR) is 90.9 cm³/mol. The fourth-order valence-corrected chi connectivity index (χ4v) is 3.15. The van der Waals surface area contributed by atoms with E-state index >= 15 is 0 Å². The fourth-order valence-electron chi connectivity index (χ4n) is 3.15. The molecule has 0 saturated heterocycles. The van der Waals surface area contributed by atoms with Gasteiger partial charge in [0.25, 0.3) is 0 Å². The zero-order chi connectivity index (χ0) is 18.0. The van der Waals surface area contributed by atoms with Crippen LogP contribution < -0.4 is 5.32 Å². The molecule has 1 aromatic carbocycles. The number of hydrogen-bond acceptors (Lipinski definition) is 3. The number of benzene rings is 1. The number of hydrogen-bond donors (Lipinski definition) is 1. The first-order valence-electron chi connectivity index (χ1n) is 8.27. The van der Waals surface area contributed by atoms with Crippen molar-refractivity contribution in [1.29, 1.82) is 0 Å². The molecule has 4 nitrogen and oxygen atoms in total. The van der Waals surface area contributed by atoms with Crippen LogP contribution in [0.5, 0.6) is 0 Å². The van der Waals surface area contributed by atoms with E-state index in [-0.39, 0.29) is 29.9 Å². The van der Waals surface area contributed by atoms with Crippen LogP contribution in [0.4, 0.5) is 8.78 Å². The van der Waals surface area contributed by atoms with E-state index in [2.05, 4.69) is 10.3 Å². The molecule has 1 heterocycles. The molecule has 6 heteroatoms. The summed E-state index contributed by atoms with van der Waals surface area (Å²) in [5.41, 5.74) is 1.03. The van der Waals surface area contributed by atoms with Crippen molar-refractivity contribution in [3.8, 4) is 0 Å². The summed E-state index contributed by atoms with van der Waals surface area (Å²) < 4.78 is 28.1. The second-order valence-corrected chi connectivity index (χ2v) is 6.59. The van der Waals surface area contributed by atoms with Crippen molar-refractivity contribution >= 4 is 5.91 Å². The van der Waals surface area contributed by atoms with Gasteiger partial charge in [0.15, 0.2) is 0 Å². The molecule has 1 N–H and O–H groups in total. The Bertz CT molecular complexity index is 731. The molecule has 1 aliphatic rings. The number of likely N-dealkylation sites (N-methyl/N-ethyl adjacent to an activating group) is 1. The molecule has 1 saturated carbocycles. The molecular weight excluding hydrogens is 324 g/mol. The number of pyridine rings is 1. The van der Waals surface area contributed by atoms with Gasteiger partial charge in [-0.2, -0.15) is 0 Å². The van der Waals surface area contributed by atoms with Crippen LogP contribution in [0.15, 0.2) is 42.7 Å². The molecule has 0 radical (unpaired) electrons. The Balaban J connectivity index is 1.64. The molecule has 3 rings (SSSR count). The van der Waals surface area contributed by atoms with Crippen molar-refractivity contribution in [3.05, 3.63) is 65.5 Å². The zero-order valence-corrected chi connectivity index (χ0v) is 14.2. The van der Waals surface area contributed by atoms with Gasteiger partial charge in [0.2, 0.25) is 5.91 Å². The lowest BCUT2D eigenvalue weighted by atomic mass is 10.0. The summed E-state index contributed by atoms with van der Waals surface area (Å²) in [7, 11) is 3.47. The average Bonchev–Trinajstić information content (AvgIpc) is 3.38. The van der Waals surface area contributed by atoms with E-state index in [0.717, 1.165) is 12.0 Å². The lowest BCUT2D eigenvalue weighted by molar-refractivity contribution is -0.122. The summed E-state index contributed by atoms with van der Waals surface area (Å²) in [6.45, 7) is 0.153. The molecule has 132 valence electrons. The van der Waals surface area contributed by atoms with Gasteiger partial charge < -0.3 is 10.2 Å². The monoisotopic (exact) mass is 345 g/mol. The van der Waals surface area contributed by atoms with Crippen LogP contribution in [-0.4, -0.2) is 36.4 Å². The van der Waals surface area contributed by atoms with Gasteiger partial charge in [0, 0.05) is 30.4 Å². The minimum Gasteiger partial charge on any atom is -0.354 e. The molecule has 1 fully saturated rings.